The summed E-state index contributed by atoms with van der Waals surface area (Å²) in [7, 11) is 0. The molecule has 1 heterocycles. The molecule has 1 aromatic carbocycles. The smallest absolute Gasteiger partial charge is 0.136 e. The second kappa shape index (κ2) is 5.95. The Balaban J connectivity index is 2.34. The Labute approximate surface area is 133 Å². The summed E-state index contributed by atoms with van der Waals surface area (Å²) in [5.41, 5.74) is 4.80. The second-order valence-corrected chi connectivity index (χ2v) is 6.96. The fraction of sp³-hybridized carbons (Fsp3) is 0.444. The van der Waals surface area contributed by atoms with Gasteiger partial charge in [-0.15, -0.1) is 0 Å². The molecule has 0 fully saturated rings. The van der Waals surface area contributed by atoms with E-state index in [1.807, 2.05) is 13.0 Å². The average Bonchev–Trinajstić information content (AvgIpc) is 2.30. The fourth-order valence-corrected chi connectivity index (χ4v) is 2.59. The number of rotatable bonds is 3. The molecule has 2 N–H and O–H groups in total. The van der Waals surface area contributed by atoms with Crippen molar-refractivity contribution in [2.24, 2.45) is 0 Å². The number of hydrogen-bond donors (Lipinski definition) is 2. The maximum Gasteiger partial charge on any atom is 0.136 e. The molecule has 0 saturated heterocycles. The van der Waals surface area contributed by atoms with Crippen LogP contribution in [-0.2, 0) is 0 Å². The van der Waals surface area contributed by atoms with Crippen LogP contribution < -0.4 is 10.6 Å². The maximum absolute atomic E-state index is 4.50. The summed E-state index contributed by atoms with van der Waals surface area (Å²) in [5, 5.41) is 6.84. The first-order valence-electron chi connectivity index (χ1n) is 7.63. The van der Waals surface area contributed by atoms with E-state index in [9.17, 15) is 0 Å². The number of nitrogens with zero attached hydrogens (tertiary/aromatic N) is 2. The molecule has 0 amide bonds. The van der Waals surface area contributed by atoms with Gasteiger partial charge in [0.25, 0.3) is 0 Å². The van der Waals surface area contributed by atoms with Gasteiger partial charge in [0.05, 0.1) is 0 Å². The molecule has 0 aliphatic carbocycles. The molecule has 0 bridgehead atoms. The summed E-state index contributed by atoms with van der Waals surface area (Å²) in [6.07, 6.45) is 0. The molecule has 0 spiro atoms. The lowest BCUT2D eigenvalue weighted by molar-refractivity contribution is 0.629. The first-order chi connectivity index (χ1) is 10.1. The van der Waals surface area contributed by atoms with Gasteiger partial charge in [0, 0.05) is 17.3 Å². The van der Waals surface area contributed by atoms with Gasteiger partial charge in [-0.05, 0) is 59.6 Å². The zero-order valence-electron chi connectivity index (χ0n) is 14.6. The summed E-state index contributed by atoms with van der Waals surface area (Å²) in [6.45, 7) is 14.6. The van der Waals surface area contributed by atoms with Gasteiger partial charge in [-0.1, -0.05) is 17.7 Å². The lowest BCUT2D eigenvalue weighted by Gasteiger charge is -2.22. The van der Waals surface area contributed by atoms with Gasteiger partial charge in [0.2, 0.25) is 0 Å². The third-order valence-electron chi connectivity index (χ3n) is 3.27. The zero-order chi connectivity index (χ0) is 16.5. The van der Waals surface area contributed by atoms with Crippen molar-refractivity contribution in [1.29, 1.82) is 0 Å². The van der Waals surface area contributed by atoms with E-state index < -0.39 is 0 Å². The monoisotopic (exact) mass is 298 g/mol. The molecular formula is C18H26N4. The van der Waals surface area contributed by atoms with E-state index >= 15 is 0 Å². The van der Waals surface area contributed by atoms with Gasteiger partial charge in [-0.25, -0.2) is 9.97 Å². The van der Waals surface area contributed by atoms with Crippen molar-refractivity contribution in [3.63, 3.8) is 0 Å². The molecule has 22 heavy (non-hydrogen) atoms. The largest absolute Gasteiger partial charge is 0.365 e. The van der Waals surface area contributed by atoms with E-state index in [1.54, 1.807) is 0 Å². The second-order valence-electron chi connectivity index (χ2n) is 6.96. The number of nitrogens with one attached hydrogen (secondary N) is 2. The summed E-state index contributed by atoms with van der Waals surface area (Å²) >= 11 is 0. The molecule has 0 unspecified atom stereocenters. The molecule has 118 valence electrons. The van der Waals surface area contributed by atoms with Crippen LogP contribution >= 0.6 is 0 Å². The molecule has 4 heteroatoms. The van der Waals surface area contributed by atoms with Gasteiger partial charge in [0.1, 0.15) is 17.5 Å². The molecule has 0 aliphatic heterocycles. The van der Waals surface area contributed by atoms with Crippen LogP contribution in [0, 0.1) is 27.7 Å². The first-order valence-corrected chi connectivity index (χ1v) is 7.63. The maximum atomic E-state index is 4.50. The van der Waals surface area contributed by atoms with E-state index in [1.165, 1.54) is 16.7 Å². The molecule has 0 aliphatic rings. The Morgan fingerprint density at radius 3 is 1.91 bits per heavy atom. The normalized spacial score (nSPS) is 11.4. The van der Waals surface area contributed by atoms with Crippen molar-refractivity contribution >= 4 is 17.3 Å². The Morgan fingerprint density at radius 1 is 0.818 bits per heavy atom. The van der Waals surface area contributed by atoms with Gasteiger partial charge < -0.3 is 10.6 Å². The topological polar surface area (TPSA) is 49.8 Å². The van der Waals surface area contributed by atoms with Gasteiger partial charge in [0.15, 0.2) is 0 Å². The van der Waals surface area contributed by atoms with Gasteiger partial charge in [-0.3, -0.25) is 0 Å². The molecule has 1 aromatic heterocycles. The lowest BCUT2D eigenvalue weighted by Crippen LogP contribution is -2.27. The van der Waals surface area contributed by atoms with Crippen LogP contribution in [0.1, 0.15) is 43.3 Å². The number of benzene rings is 1. The standard InChI is InChI=1S/C18H26N4/c1-11-8-12(2)17(13(3)9-11)21-15-10-16(20-14(4)19-15)22-18(5,6)7/h8-10H,1-7H3,(H2,19,20,21,22). The van der Waals surface area contributed by atoms with Crippen molar-refractivity contribution < 1.29 is 0 Å². The average molecular weight is 298 g/mol. The summed E-state index contributed by atoms with van der Waals surface area (Å²) in [4.78, 5) is 8.96. The van der Waals surface area contributed by atoms with Crippen LogP contribution in [0.4, 0.5) is 17.3 Å². The number of aryl methyl sites for hydroxylation is 4. The molecular weight excluding hydrogens is 272 g/mol. The van der Waals surface area contributed by atoms with E-state index in [0.29, 0.717) is 0 Å². The Morgan fingerprint density at radius 2 is 1.36 bits per heavy atom. The fourth-order valence-electron chi connectivity index (χ4n) is 2.59. The predicted octanol–water partition coefficient (Wildman–Crippen LogP) is 4.66. The van der Waals surface area contributed by atoms with Crippen LogP contribution in [0.2, 0.25) is 0 Å². The minimum atomic E-state index is -0.0340. The highest BCUT2D eigenvalue weighted by atomic mass is 15.1. The molecule has 0 radical (unpaired) electrons. The summed E-state index contributed by atoms with van der Waals surface area (Å²) in [6, 6.07) is 6.31. The lowest BCUT2D eigenvalue weighted by atomic mass is 10.1. The van der Waals surface area contributed by atoms with E-state index in [2.05, 4.69) is 74.3 Å². The highest BCUT2D eigenvalue weighted by molar-refractivity contribution is 5.66. The van der Waals surface area contributed by atoms with Crippen LogP contribution in [0.15, 0.2) is 18.2 Å². The van der Waals surface area contributed by atoms with Gasteiger partial charge >= 0.3 is 0 Å². The van der Waals surface area contributed by atoms with Crippen LogP contribution in [0.25, 0.3) is 0 Å². The number of aromatic nitrogens is 2. The van der Waals surface area contributed by atoms with Crippen molar-refractivity contribution in [3.05, 3.63) is 40.7 Å². The Kier molecular flexibility index (Phi) is 4.40. The van der Waals surface area contributed by atoms with Gasteiger partial charge in [-0.2, -0.15) is 0 Å². The van der Waals surface area contributed by atoms with Crippen molar-refractivity contribution in [2.75, 3.05) is 10.6 Å². The molecule has 0 saturated carbocycles. The van der Waals surface area contributed by atoms with Crippen molar-refractivity contribution in [2.45, 2.75) is 54.0 Å². The SMILES string of the molecule is Cc1cc(C)c(Nc2cc(NC(C)(C)C)nc(C)n2)c(C)c1. The highest BCUT2D eigenvalue weighted by Gasteiger charge is 2.12. The highest BCUT2D eigenvalue weighted by Crippen LogP contribution is 2.26. The Bertz CT molecular complexity index is 661. The van der Waals surface area contributed by atoms with E-state index in [4.69, 9.17) is 0 Å². The quantitative estimate of drug-likeness (QED) is 0.865. The third-order valence-corrected chi connectivity index (χ3v) is 3.27. The van der Waals surface area contributed by atoms with E-state index in [0.717, 1.165) is 23.1 Å². The van der Waals surface area contributed by atoms with E-state index in [-0.39, 0.29) is 5.54 Å². The minimum absolute atomic E-state index is 0.0340. The number of hydrogen-bond acceptors (Lipinski definition) is 4. The van der Waals surface area contributed by atoms with Crippen LogP contribution in [0.3, 0.4) is 0 Å². The number of anilines is 3. The van der Waals surface area contributed by atoms with Crippen molar-refractivity contribution in [3.8, 4) is 0 Å². The first kappa shape index (κ1) is 16.3. The molecule has 2 aromatic rings. The molecule has 4 nitrogen and oxygen atoms in total. The van der Waals surface area contributed by atoms with Crippen LogP contribution in [-0.4, -0.2) is 15.5 Å². The molecule has 0 atom stereocenters. The Hall–Kier alpha value is -2.10. The zero-order valence-corrected chi connectivity index (χ0v) is 14.6. The summed E-state index contributed by atoms with van der Waals surface area (Å²) in [5.74, 6) is 2.40. The summed E-state index contributed by atoms with van der Waals surface area (Å²) < 4.78 is 0. The van der Waals surface area contributed by atoms with Crippen LogP contribution in [0.5, 0.6) is 0 Å². The predicted molar refractivity (Wildman–Crippen MR) is 94.1 cm³/mol. The third kappa shape index (κ3) is 4.20. The minimum Gasteiger partial charge on any atom is -0.365 e. The molecule has 2 rings (SSSR count). The van der Waals surface area contributed by atoms with Crippen molar-refractivity contribution in [1.82, 2.24) is 9.97 Å².